The molecule has 0 bridgehead atoms. The van der Waals surface area contributed by atoms with Crippen molar-refractivity contribution in [1.29, 1.82) is 0 Å². The number of benzene rings is 1. The van der Waals surface area contributed by atoms with Crippen molar-refractivity contribution < 1.29 is 23.6 Å². The van der Waals surface area contributed by atoms with E-state index in [1.54, 1.807) is 0 Å². The third-order valence-electron chi connectivity index (χ3n) is 3.59. The van der Waals surface area contributed by atoms with Gasteiger partial charge in [-0.25, -0.2) is 9.18 Å². The molecular weight excluding hydrogens is 274 g/mol. The summed E-state index contributed by atoms with van der Waals surface area (Å²) in [6, 6.07) is 2.55. The topological polar surface area (TPSA) is 55.8 Å². The SMILES string of the molecule is CCCCCCCOC(=O)c1cc2c(cc1F)COB2O. The van der Waals surface area contributed by atoms with E-state index in [4.69, 9.17) is 9.39 Å². The van der Waals surface area contributed by atoms with Gasteiger partial charge in [-0.3, -0.25) is 0 Å². The van der Waals surface area contributed by atoms with E-state index in [1.807, 2.05) is 0 Å². The van der Waals surface area contributed by atoms with Gasteiger partial charge in [0, 0.05) is 0 Å². The lowest BCUT2D eigenvalue weighted by Crippen LogP contribution is -2.29. The zero-order chi connectivity index (χ0) is 15.2. The number of carbonyl (C=O) groups is 1. The molecule has 114 valence electrons. The van der Waals surface area contributed by atoms with Gasteiger partial charge in [0.15, 0.2) is 0 Å². The number of hydrogen-bond acceptors (Lipinski definition) is 4. The van der Waals surface area contributed by atoms with Gasteiger partial charge in [0.1, 0.15) is 5.82 Å². The summed E-state index contributed by atoms with van der Waals surface area (Å²) in [6.45, 7) is 2.58. The van der Waals surface area contributed by atoms with Crippen LogP contribution in [-0.4, -0.2) is 24.7 Å². The van der Waals surface area contributed by atoms with Crippen molar-refractivity contribution in [3.05, 3.63) is 29.1 Å². The Kier molecular flexibility index (Phi) is 5.76. The fraction of sp³-hybridized carbons (Fsp3) is 0.533. The number of fused-ring (bicyclic) bond motifs is 1. The minimum atomic E-state index is -1.10. The second-order valence-electron chi connectivity index (χ2n) is 5.24. The van der Waals surface area contributed by atoms with Gasteiger partial charge in [0.2, 0.25) is 0 Å². The molecule has 0 saturated heterocycles. The first kappa shape index (κ1) is 16.0. The van der Waals surface area contributed by atoms with Crippen LogP contribution in [0.15, 0.2) is 12.1 Å². The number of halogens is 1. The lowest BCUT2D eigenvalue weighted by molar-refractivity contribution is 0.0492. The highest BCUT2D eigenvalue weighted by molar-refractivity contribution is 6.61. The van der Waals surface area contributed by atoms with Crippen molar-refractivity contribution in [3.8, 4) is 0 Å². The van der Waals surface area contributed by atoms with Crippen LogP contribution in [0, 0.1) is 5.82 Å². The zero-order valence-corrected chi connectivity index (χ0v) is 12.2. The summed E-state index contributed by atoms with van der Waals surface area (Å²) >= 11 is 0. The molecule has 0 unspecified atom stereocenters. The lowest BCUT2D eigenvalue weighted by Gasteiger charge is -2.07. The molecule has 21 heavy (non-hydrogen) atoms. The van der Waals surface area contributed by atoms with Crippen molar-refractivity contribution >= 4 is 18.6 Å². The van der Waals surface area contributed by atoms with Crippen LogP contribution in [0.1, 0.15) is 54.9 Å². The largest absolute Gasteiger partial charge is 0.491 e. The quantitative estimate of drug-likeness (QED) is 0.476. The van der Waals surface area contributed by atoms with Crippen LogP contribution in [0.3, 0.4) is 0 Å². The molecule has 0 saturated carbocycles. The summed E-state index contributed by atoms with van der Waals surface area (Å²) in [4.78, 5) is 11.9. The van der Waals surface area contributed by atoms with Crippen molar-refractivity contribution in [2.24, 2.45) is 0 Å². The molecule has 6 heteroatoms. The van der Waals surface area contributed by atoms with Crippen LogP contribution in [-0.2, 0) is 16.0 Å². The minimum absolute atomic E-state index is 0.146. The number of esters is 1. The Labute approximate surface area is 124 Å². The highest BCUT2D eigenvalue weighted by atomic mass is 19.1. The number of rotatable bonds is 7. The van der Waals surface area contributed by atoms with Gasteiger partial charge in [-0.15, -0.1) is 0 Å². The van der Waals surface area contributed by atoms with Crippen LogP contribution >= 0.6 is 0 Å². The summed E-state index contributed by atoms with van der Waals surface area (Å²) in [6.07, 6.45) is 5.23. The first-order valence-electron chi connectivity index (χ1n) is 7.42. The van der Waals surface area contributed by atoms with Gasteiger partial charge in [-0.1, -0.05) is 32.6 Å². The Bertz CT molecular complexity index is 507. The van der Waals surface area contributed by atoms with Gasteiger partial charge < -0.3 is 14.4 Å². The molecule has 0 fully saturated rings. The molecule has 0 atom stereocenters. The predicted molar refractivity (Wildman–Crippen MR) is 77.8 cm³/mol. The zero-order valence-electron chi connectivity index (χ0n) is 12.2. The molecule has 1 aromatic carbocycles. The summed E-state index contributed by atoms with van der Waals surface area (Å²) in [5.74, 6) is -1.33. The normalized spacial score (nSPS) is 13.4. The van der Waals surface area contributed by atoms with Crippen LogP contribution in [0.2, 0.25) is 0 Å². The van der Waals surface area contributed by atoms with Crippen molar-refractivity contribution in [2.45, 2.75) is 45.6 Å². The standard InChI is InChI=1S/C15H20BFO4/c1-2-3-4-5-6-7-20-15(18)12-9-13-11(8-14(12)17)10-21-16(13)19/h8-9,19H,2-7,10H2,1H3. The third-order valence-corrected chi connectivity index (χ3v) is 3.59. The molecule has 1 N–H and O–H groups in total. The molecule has 4 nitrogen and oxygen atoms in total. The Morgan fingerprint density at radius 2 is 2.14 bits per heavy atom. The molecular formula is C15H20BFO4. The second-order valence-corrected chi connectivity index (χ2v) is 5.24. The van der Waals surface area contributed by atoms with E-state index in [1.165, 1.54) is 18.6 Å². The van der Waals surface area contributed by atoms with Crippen LogP contribution in [0.5, 0.6) is 0 Å². The Morgan fingerprint density at radius 1 is 1.38 bits per heavy atom. The molecule has 0 aromatic heterocycles. The Hall–Kier alpha value is -1.40. The van der Waals surface area contributed by atoms with Crippen molar-refractivity contribution in [2.75, 3.05) is 6.61 Å². The average Bonchev–Trinajstić information content (AvgIpc) is 2.82. The van der Waals surface area contributed by atoms with E-state index in [0.29, 0.717) is 11.0 Å². The summed E-state index contributed by atoms with van der Waals surface area (Å²) in [5, 5.41) is 9.58. The fourth-order valence-corrected chi connectivity index (χ4v) is 2.35. The van der Waals surface area contributed by atoms with E-state index >= 15 is 0 Å². The summed E-state index contributed by atoms with van der Waals surface area (Å²) in [7, 11) is -1.10. The van der Waals surface area contributed by atoms with E-state index in [9.17, 15) is 14.2 Å². The maximum Gasteiger partial charge on any atom is 0.491 e. The molecule has 2 rings (SSSR count). The van der Waals surface area contributed by atoms with E-state index in [0.717, 1.165) is 25.7 Å². The number of hydrogen-bond donors (Lipinski definition) is 1. The van der Waals surface area contributed by atoms with Gasteiger partial charge in [-0.05, 0) is 29.6 Å². The monoisotopic (exact) mass is 294 g/mol. The van der Waals surface area contributed by atoms with Gasteiger partial charge in [-0.2, -0.15) is 0 Å². The van der Waals surface area contributed by atoms with Gasteiger partial charge in [0.05, 0.1) is 18.8 Å². The first-order chi connectivity index (χ1) is 10.1. The van der Waals surface area contributed by atoms with Crippen LogP contribution in [0.25, 0.3) is 0 Å². The summed E-state index contributed by atoms with van der Waals surface area (Å²) in [5.41, 5.74) is 0.856. The maximum absolute atomic E-state index is 13.9. The molecule has 1 aliphatic rings. The third kappa shape index (κ3) is 4.05. The van der Waals surface area contributed by atoms with E-state index in [2.05, 4.69) is 6.92 Å². The predicted octanol–water partition coefficient (Wildman–Crippen LogP) is 2.17. The number of unbranched alkanes of at least 4 members (excludes halogenated alkanes) is 4. The molecule has 1 aromatic rings. The average molecular weight is 294 g/mol. The molecule has 0 spiro atoms. The Balaban J connectivity index is 1.89. The summed E-state index contributed by atoms with van der Waals surface area (Å²) < 4.78 is 23.9. The molecule has 0 amide bonds. The smallest absolute Gasteiger partial charge is 0.462 e. The van der Waals surface area contributed by atoms with Gasteiger partial charge >= 0.3 is 13.1 Å². The van der Waals surface area contributed by atoms with Crippen LogP contribution < -0.4 is 5.46 Å². The molecule has 1 aliphatic heterocycles. The minimum Gasteiger partial charge on any atom is -0.462 e. The molecule has 0 radical (unpaired) electrons. The lowest BCUT2D eigenvalue weighted by atomic mass is 9.78. The van der Waals surface area contributed by atoms with Gasteiger partial charge in [0.25, 0.3) is 0 Å². The number of ether oxygens (including phenoxy) is 1. The highest BCUT2D eigenvalue weighted by Crippen LogP contribution is 2.16. The maximum atomic E-state index is 13.9. The molecule has 0 aliphatic carbocycles. The fourth-order valence-electron chi connectivity index (χ4n) is 2.35. The highest BCUT2D eigenvalue weighted by Gasteiger charge is 2.30. The van der Waals surface area contributed by atoms with Crippen molar-refractivity contribution in [1.82, 2.24) is 0 Å². The molecule has 1 heterocycles. The van der Waals surface area contributed by atoms with Crippen LogP contribution in [0.4, 0.5) is 4.39 Å². The first-order valence-corrected chi connectivity index (χ1v) is 7.42. The van der Waals surface area contributed by atoms with E-state index < -0.39 is 18.9 Å². The van der Waals surface area contributed by atoms with Crippen molar-refractivity contribution in [3.63, 3.8) is 0 Å². The Morgan fingerprint density at radius 3 is 2.90 bits per heavy atom. The number of carbonyl (C=O) groups excluding carboxylic acids is 1. The second kappa shape index (κ2) is 7.57. The van der Waals surface area contributed by atoms with E-state index in [-0.39, 0.29) is 18.8 Å².